The van der Waals surface area contributed by atoms with E-state index < -0.39 is 10.3 Å². The van der Waals surface area contributed by atoms with Gasteiger partial charge in [-0.15, -0.1) is 11.3 Å². The molecule has 1 saturated heterocycles. The first-order valence-corrected chi connectivity index (χ1v) is 11.9. The molecule has 6 nitrogen and oxygen atoms in total. The summed E-state index contributed by atoms with van der Waals surface area (Å²) in [5, 5.41) is -0.217. The minimum Gasteiger partial charge on any atom is -0.293 e. The molecular formula is C20H28FN3O3S2. The molecule has 2 N–H and O–H groups in total. The van der Waals surface area contributed by atoms with E-state index in [4.69, 9.17) is 0 Å². The first kappa shape index (κ1) is 22.3. The van der Waals surface area contributed by atoms with Crippen molar-refractivity contribution in [2.75, 3.05) is 19.6 Å². The Kier molecular flexibility index (Phi) is 6.45. The van der Waals surface area contributed by atoms with E-state index in [9.17, 15) is 17.4 Å². The van der Waals surface area contributed by atoms with Gasteiger partial charge in [0.25, 0.3) is 0 Å². The number of nitrogens with zero attached hydrogens (tertiary/aromatic N) is 2. The Balaban J connectivity index is 1.78. The van der Waals surface area contributed by atoms with Crippen molar-refractivity contribution in [3.63, 3.8) is 0 Å². The molecule has 2 aromatic heterocycles. The molecule has 1 aliphatic rings. The number of hydrogen-bond donors (Lipinski definition) is 2. The molecule has 0 amide bonds. The minimum atomic E-state index is -4.27. The van der Waals surface area contributed by atoms with Crippen molar-refractivity contribution in [3.8, 4) is 0 Å². The van der Waals surface area contributed by atoms with Crippen LogP contribution >= 0.6 is 11.3 Å². The van der Waals surface area contributed by atoms with Crippen molar-refractivity contribution < 1.29 is 17.4 Å². The van der Waals surface area contributed by atoms with Crippen LogP contribution in [0.3, 0.4) is 0 Å². The lowest BCUT2D eigenvalue weighted by atomic mass is 9.82. The van der Waals surface area contributed by atoms with Gasteiger partial charge in [-0.05, 0) is 75.8 Å². The quantitative estimate of drug-likeness (QED) is 0.612. The fraction of sp³-hybridized carbons (Fsp3) is 0.550. The van der Waals surface area contributed by atoms with Crippen LogP contribution in [0.4, 0.5) is 4.39 Å². The third-order valence-electron chi connectivity index (χ3n) is 6.01. The van der Waals surface area contributed by atoms with Gasteiger partial charge in [-0.25, -0.2) is 0 Å². The minimum absolute atomic E-state index is 0.151. The highest BCUT2D eigenvalue weighted by molar-refractivity contribution is 7.83. The summed E-state index contributed by atoms with van der Waals surface area (Å²) < 4.78 is 47.5. The Labute approximate surface area is 176 Å². The summed E-state index contributed by atoms with van der Waals surface area (Å²) in [6.07, 6.45) is 4.04. The number of likely N-dealkylation sites (tertiary alicyclic amines) is 1. The maximum Gasteiger partial charge on any atom is 0.333 e. The predicted molar refractivity (Wildman–Crippen MR) is 113 cm³/mol. The first-order valence-electron chi connectivity index (χ1n) is 9.64. The Morgan fingerprint density at radius 1 is 1.34 bits per heavy atom. The van der Waals surface area contributed by atoms with Crippen LogP contribution < -0.4 is 4.72 Å². The highest BCUT2D eigenvalue weighted by Crippen LogP contribution is 2.41. The number of halogens is 1. The Morgan fingerprint density at radius 3 is 2.69 bits per heavy atom. The number of hydrogen-bond acceptors (Lipinski definition) is 5. The van der Waals surface area contributed by atoms with E-state index in [0.717, 1.165) is 40.4 Å². The lowest BCUT2D eigenvalue weighted by Crippen LogP contribution is -2.44. The van der Waals surface area contributed by atoms with E-state index in [2.05, 4.69) is 34.5 Å². The molecule has 1 fully saturated rings. The second-order valence-electron chi connectivity index (χ2n) is 8.42. The van der Waals surface area contributed by atoms with Crippen LogP contribution in [0.5, 0.6) is 0 Å². The smallest absolute Gasteiger partial charge is 0.293 e. The maximum absolute atomic E-state index is 13.3. The van der Waals surface area contributed by atoms with Gasteiger partial charge in [0.05, 0.1) is 0 Å². The third kappa shape index (κ3) is 5.61. The third-order valence-corrected chi connectivity index (χ3v) is 7.45. The van der Waals surface area contributed by atoms with Crippen molar-refractivity contribution in [2.24, 2.45) is 5.41 Å². The van der Waals surface area contributed by atoms with E-state index in [0.29, 0.717) is 19.4 Å². The van der Waals surface area contributed by atoms with Gasteiger partial charge in [0.2, 0.25) is 0 Å². The molecular weight excluding hydrogens is 413 g/mol. The second kappa shape index (κ2) is 8.39. The van der Waals surface area contributed by atoms with Crippen molar-refractivity contribution in [2.45, 2.75) is 45.6 Å². The maximum atomic E-state index is 13.3. The number of pyridine rings is 1. The molecule has 2 aromatic rings. The zero-order valence-electron chi connectivity index (χ0n) is 17.0. The van der Waals surface area contributed by atoms with Gasteiger partial charge in [0.15, 0.2) is 5.13 Å². The average Bonchev–Trinajstić information content (AvgIpc) is 3.26. The van der Waals surface area contributed by atoms with Crippen molar-refractivity contribution in [1.29, 1.82) is 0 Å². The zero-order valence-corrected chi connectivity index (χ0v) is 18.6. The van der Waals surface area contributed by atoms with E-state index in [1.807, 2.05) is 19.2 Å². The fourth-order valence-electron chi connectivity index (χ4n) is 3.98. The summed E-state index contributed by atoms with van der Waals surface area (Å²) in [5.74, 6) is 0. The highest BCUT2D eigenvalue weighted by Gasteiger charge is 2.43. The van der Waals surface area contributed by atoms with Gasteiger partial charge in [-0.3, -0.25) is 14.4 Å². The van der Waals surface area contributed by atoms with Crippen molar-refractivity contribution >= 4 is 21.6 Å². The molecule has 0 aliphatic carbocycles. The van der Waals surface area contributed by atoms with Gasteiger partial charge in [-0.2, -0.15) is 17.5 Å². The summed E-state index contributed by atoms with van der Waals surface area (Å²) in [4.78, 5) is 7.69. The standard InChI is InChI=1S/C20H28FN3O3S2/c1-15-4-5-16(12-22-15)19(2,3)24-11-10-20(14-24,13-23-29(25,26)27)9-8-17-6-7-18(21)28-17/h4-7,12,23H,8-11,13-14H2,1-3H3,(H,25,26,27). The molecule has 0 spiro atoms. The molecule has 1 unspecified atom stereocenters. The SMILES string of the molecule is Cc1ccc(C(C)(C)N2CCC(CCc3ccc(F)s3)(CNS(=O)(=O)O)C2)cn1. The van der Waals surface area contributed by atoms with Crippen LogP contribution in [-0.4, -0.2) is 42.5 Å². The molecule has 0 aromatic carbocycles. The van der Waals surface area contributed by atoms with Gasteiger partial charge < -0.3 is 0 Å². The molecule has 3 heterocycles. The molecule has 0 bridgehead atoms. The van der Waals surface area contributed by atoms with Gasteiger partial charge in [0.1, 0.15) is 0 Å². The zero-order chi connectivity index (χ0) is 21.3. The van der Waals surface area contributed by atoms with Gasteiger partial charge in [0, 0.05) is 35.4 Å². The summed E-state index contributed by atoms with van der Waals surface area (Å²) in [7, 11) is -4.27. The van der Waals surface area contributed by atoms with E-state index >= 15 is 0 Å². The normalized spacial score (nSPS) is 21.0. The van der Waals surface area contributed by atoms with E-state index in [-0.39, 0.29) is 22.6 Å². The molecule has 9 heteroatoms. The van der Waals surface area contributed by atoms with Crippen LogP contribution in [0.15, 0.2) is 30.5 Å². The molecule has 1 atom stereocenters. The monoisotopic (exact) mass is 441 g/mol. The largest absolute Gasteiger partial charge is 0.333 e. The highest BCUT2D eigenvalue weighted by atomic mass is 32.2. The first-order chi connectivity index (χ1) is 13.5. The van der Waals surface area contributed by atoms with Crippen LogP contribution in [-0.2, 0) is 22.3 Å². The number of rotatable bonds is 8. The molecule has 29 heavy (non-hydrogen) atoms. The Hall–Kier alpha value is -1.39. The molecule has 0 radical (unpaired) electrons. The van der Waals surface area contributed by atoms with E-state index in [1.54, 1.807) is 6.07 Å². The summed E-state index contributed by atoms with van der Waals surface area (Å²) in [6.45, 7) is 7.85. The van der Waals surface area contributed by atoms with Crippen LogP contribution in [0.1, 0.15) is 42.8 Å². The van der Waals surface area contributed by atoms with Crippen LogP contribution in [0.2, 0.25) is 0 Å². The van der Waals surface area contributed by atoms with E-state index in [1.165, 1.54) is 6.07 Å². The number of thiophene rings is 1. The van der Waals surface area contributed by atoms with Crippen molar-refractivity contribution in [3.05, 3.63) is 51.7 Å². The molecule has 3 rings (SSSR count). The number of nitrogens with one attached hydrogen (secondary N) is 1. The lowest BCUT2D eigenvalue weighted by Gasteiger charge is -2.38. The summed E-state index contributed by atoms with van der Waals surface area (Å²) >= 11 is 1.12. The molecule has 1 aliphatic heterocycles. The number of aromatic nitrogens is 1. The molecule has 160 valence electrons. The number of aryl methyl sites for hydroxylation is 2. The second-order valence-corrected chi connectivity index (χ2v) is 10.8. The predicted octanol–water partition coefficient (Wildman–Crippen LogP) is 3.54. The van der Waals surface area contributed by atoms with Crippen molar-refractivity contribution in [1.82, 2.24) is 14.6 Å². The summed E-state index contributed by atoms with van der Waals surface area (Å²) in [5.41, 5.74) is 1.45. The van der Waals surface area contributed by atoms with Crippen LogP contribution in [0.25, 0.3) is 0 Å². The molecule has 0 saturated carbocycles. The van der Waals surface area contributed by atoms with Gasteiger partial charge in [-0.1, -0.05) is 6.07 Å². The Bertz CT molecular complexity index is 944. The Morgan fingerprint density at radius 2 is 2.10 bits per heavy atom. The summed E-state index contributed by atoms with van der Waals surface area (Å²) in [6, 6.07) is 7.30. The average molecular weight is 442 g/mol. The van der Waals surface area contributed by atoms with Crippen LogP contribution in [0, 0.1) is 17.5 Å². The topological polar surface area (TPSA) is 82.5 Å². The fourth-order valence-corrected chi connectivity index (χ4v) is 5.20. The van der Waals surface area contributed by atoms with Gasteiger partial charge >= 0.3 is 10.3 Å². The lowest BCUT2D eigenvalue weighted by molar-refractivity contribution is 0.128.